The molecule has 1 unspecified atom stereocenters. The zero-order chi connectivity index (χ0) is 18.0. The molecule has 0 bridgehead atoms. The fraction of sp³-hybridized carbons (Fsp3) is 0.316. The van der Waals surface area contributed by atoms with Crippen LogP contribution in [-0.4, -0.2) is 44.6 Å². The average molecular weight is 363 g/mol. The lowest BCUT2D eigenvalue weighted by atomic mass is 10.1. The van der Waals surface area contributed by atoms with E-state index in [4.69, 9.17) is 16.3 Å². The highest BCUT2D eigenvalue weighted by Crippen LogP contribution is 2.27. The number of anilines is 1. The summed E-state index contributed by atoms with van der Waals surface area (Å²) in [5, 5.41) is 0.128. The Hall–Kier alpha value is -2.11. The molecule has 2 aromatic rings. The van der Waals surface area contributed by atoms with Gasteiger partial charge in [-0.3, -0.25) is 4.79 Å². The minimum atomic E-state index is -0.601. The summed E-state index contributed by atoms with van der Waals surface area (Å²) in [7, 11) is 3.95. The lowest BCUT2D eigenvalue weighted by molar-refractivity contribution is -0.0229. The number of hydrogen-bond donors (Lipinski definition) is 0. The van der Waals surface area contributed by atoms with Crippen molar-refractivity contribution in [2.75, 3.05) is 38.7 Å². The van der Waals surface area contributed by atoms with Crippen molar-refractivity contribution >= 4 is 23.2 Å². The number of morpholine rings is 1. The quantitative estimate of drug-likeness (QED) is 0.833. The summed E-state index contributed by atoms with van der Waals surface area (Å²) in [6, 6.07) is 12.3. The van der Waals surface area contributed by atoms with Gasteiger partial charge in [-0.1, -0.05) is 29.8 Å². The molecule has 0 spiro atoms. The van der Waals surface area contributed by atoms with Crippen LogP contribution in [0.5, 0.6) is 0 Å². The average Bonchev–Trinajstić information content (AvgIpc) is 2.61. The van der Waals surface area contributed by atoms with E-state index in [9.17, 15) is 9.18 Å². The van der Waals surface area contributed by atoms with E-state index >= 15 is 0 Å². The van der Waals surface area contributed by atoms with Gasteiger partial charge in [-0.25, -0.2) is 4.39 Å². The molecule has 1 aliphatic rings. The van der Waals surface area contributed by atoms with E-state index in [0.717, 1.165) is 11.3 Å². The van der Waals surface area contributed by atoms with E-state index < -0.39 is 11.7 Å². The lowest BCUT2D eigenvalue weighted by Crippen LogP contribution is -2.42. The summed E-state index contributed by atoms with van der Waals surface area (Å²) in [4.78, 5) is 16.3. The number of benzene rings is 2. The van der Waals surface area contributed by atoms with E-state index in [1.807, 2.05) is 43.3 Å². The summed E-state index contributed by atoms with van der Waals surface area (Å²) in [5.74, 6) is -1.00. The van der Waals surface area contributed by atoms with Crippen LogP contribution in [0.2, 0.25) is 5.02 Å². The molecule has 1 saturated heterocycles. The van der Waals surface area contributed by atoms with Crippen molar-refractivity contribution < 1.29 is 13.9 Å². The molecule has 0 N–H and O–H groups in total. The standard InChI is InChI=1S/C19H20ClFN2O2/c1-22(2)14-8-6-13(7-9-14)17-12-23(10-11-25-17)19(24)18-15(20)4-3-5-16(18)21/h3-9,17H,10-12H2,1-2H3. The van der Waals surface area contributed by atoms with E-state index in [0.29, 0.717) is 19.7 Å². The van der Waals surface area contributed by atoms with Crippen LogP contribution in [0.25, 0.3) is 0 Å². The summed E-state index contributed by atoms with van der Waals surface area (Å²) in [6.45, 7) is 1.18. The second-order valence-corrected chi connectivity index (χ2v) is 6.60. The molecule has 4 nitrogen and oxygen atoms in total. The Morgan fingerprint density at radius 1 is 1.24 bits per heavy atom. The second kappa shape index (κ2) is 7.42. The van der Waals surface area contributed by atoms with Gasteiger partial charge in [-0.2, -0.15) is 0 Å². The van der Waals surface area contributed by atoms with Gasteiger partial charge in [0.1, 0.15) is 11.9 Å². The Bertz CT molecular complexity index is 744. The SMILES string of the molecule is CN(C)c1ccc(C2CN(C(=O)c3c(F)cccc3Cl)CCO2)cc1. The van der Waals surface area contributed by atoms with Crippen molar-refractivity contribution in [1.82, 2.24) is 4.90 Å². The van der Waals surface area contributed by atoms with Gasteiger partial charge in [0.2, 0.25) is 0 Å². The Morgan fingerprint density at radius 3 is 2.60 bits per heavy atom. The summed E-state index contributed by atoms with van der Waals surface area (Å²) >= 11 is 6.02. The number of carbonyl (C=O) groups is 1. The van der Waals surface area contributed by atoms with Crippen LogP contribution in [0, 0.1) is 5.82 Å². The number of amides is 1. The number of rotatable bonds is 3. The fourth-order valence-corrected chi connectivity index (χ4v) is 3.13. The van der Waals surface area contributed by atoms with E-state index in [-0.39, 0.29) is 16.7 Å². The predicted molar refractivity (Wildman–Crippen MR) is 96.8 cm³/mol. The molecule has 132 valence electrons. The maximum Gasteiger partial charge on any atom is 0.258 e. The number of ether oxygens (including phenoxy) is 1. The van der Waals surface area contributed by atoms with E-state index in [1.54, 1.807) is 4.90 Å². The van der Waals surface area contributed by atoms with Crippen molar-refractivity contribution in [2.45, 2.75) is 6.10 Å². The molecule has 3 rings (SSSR count). The number of nitrogens with zero attached hydrogens (tertiary/aromatic N) is 2. The summed E-state index contributed by atoms with van der Waals surface area (Å²) in [5.41, 5.74) is 2.00. The second-order valence-electron chi connectivity index (χ2n) is 6.19. The Labute approximate surface area is 151 Å². The first kappa shape index (κ1) is 17.7. The molecular formula is C19H20ClFN2O2. The third-order valence-electron chi connectivity index (χ3n) is 4.31. The third kappa shape index (κ3) is 3.78. The maximum atomic E-state index is 14.0. The summed E-state index contributed by atoms with van der Waals surface area (Å²) < 4.78 is 19.8. The zero-order valence-electron chi connectivity index (χ0n) is 14.2. The van der Waals surface area contributed by atoms with Crippen molar-refractivity contribution in [1.29, 1.82) is 0 Å². The molecule has 25 heavy (non-hydrogen) atoms. The highest BCUT2D eigenvalue weighted by Gasteiger charge is 2.28. The minimum absolute atomic E-state index is 0.0761. The van der Waals surface area contributed by atoms with Crippen LogP contribution in [0.15, 0.2) is 42.5 Å². The first-order valence-corrected chi connectivity index (χ1v) is 8.47. The maximum absolute atomic E-state index is 14.0. The molecule has 0 aromatic heterocycles. The van der Waals surface area contributed by atoms with Crippen LogP contribution in [0.3, 0.4) is 0 Å². The van der Waals surface area contributed by atoms with Gasteiger partial charge in [0.05, 0.1) is 23.7 Å². The van der Waals surface area contributed by atoms with Crippen molar-refractivity contribution in [3.63, 3.8) is 0 Å². The van der Waals surface area contributed by atoms with Gasteiger partial charge in [0.25, 0.3) is 5.91 Å². The molecular weight excluding hydrogens is 343 g/mol. The van der Waals surface area contributed by atoms with Crippen molar-refractivity contribution in [3.05, 3.63) is 64.4 Å². The normalized spacial score (nSPS) is 17.4. The molecule has 1 heterocycles. The molecule has 0 radical (unpaired) electrons. The fourth-order valence-electron chi connectivity index (χ4n) is 2.88. The van der Waals surface area contributed by atoms with Gasteiger partial charge in [-0.15, -0.1) is 0 Å². The first-order valence-electron chi connectivity index (χ1n) is 8.09. The topological polar surface area (TPSA) is 32.8 Å². The van der Waals surface area contributed by atoms with Gasteiger partial charge in [0.15, 0.2) is 0 Å². The molecule has 1 fully saturated rings. The minimum Gasteiger partial charge on any atom is -0.378 e. The van der Waals surface area contributed by atoms with Crippen LogP contribution in [-0.2, 0) is 4.74 Å². The predicted octanol–water partition coefficient (Wildman–Crippen LogP) is 3.76. The Balaban J connectivity index is 1.78. The smallest absolute Gasteiger partial charge is 0.258 e. The number of carbonyl (C=O) groups excluding carboxylic acids is 1. The zero-order valence-corrected chi connectivity index (χ0v) is 15.0. The molecule has 0 aliphatic carbocycles. The molecule has 1 amide bonds. The van der Waals surface area contributed by atoms with Crippen molar-refractivity contribution in [3.8, 4) is 0 Å². The van der Waals surface area contributed by atoms with E-state index in [1.165, 1.54) is 18.2 Å². The van der Waals surface area contributed by atoms with Crippen LogP contribution < -0.4 is 4.90 Å². The highest BCUT2D eigenvalue weighted by molar-refractivity contribution is 6.33. The van der Waals surface area contributed by atoms with Gasteiger partial charge >= 0.3 is 0 Å². The largest absolute Gasteiger partial charge is 0.378 e. The van der Waals surface area contributed by atoms with Gasteiger partial charge in [0, 0.05) is 26.3 Å². The molecule has 0 saturated carbocycles. The number of halogens is 2. The molecule has 1 atom stereocenters. The molecule has 2 aromatic carbocycles. The molecule has 1 aliphatic heterocycles. The first-order chi connectivity index (χ1) is 12.0. The van der Waals surface area contributed by atoms with Crippen LogP contribution in [0.4, 0.5) is 10.1 Å². The van der Waals surface area contributed by atoms with Crippen LogP contribution in [0.1, 0.15) is 22.0 Å². The molecule has 6 heteroatoms. The lowest BCUT2D eigenvalue weighted by Gasteiger charge is -2.33. The highest BCUT2D eigenvalue weighted by atomic mass is 35.5. The Morgan fingerprint density at radius 2 is 1.96 bits per heavy atom. The van der Waals surface area contributed by atoms with E-state index in [2.05, 4.69) is 0 Å². The third-order valence-corrected chi connectivity index (χ3v) is 4.63. The Kier molecular flexibility index (Phi) is 5.25. The summed E-state index contributed by atoms with van der Waals surface area (Å²) in [6.07, 6.45) is -0.237. The van der Waals surface area contributed by atoms with Crippen LogP contribution >= 0.6 is 11.6 Å². The monoisotopic (exact) mass is 362 g/mol. The van der Waals surface area contributed by atoms with Gasteiger partial charge in [-0.05, 0) is 29.8 Å². The van der Waals surface area contributed by atoms with Gasteiger partial charge < -0.3 is 14.5 Å². The number of hydrogen-bond acceptors (Lipinski definition) is 3. The van der Waals surface area contributed by atoms with Crippen molar-refractivity contribution in [2.24, 2.45) is 0 Å².